The standard InChI is InChI=1S/C18H14BrN3/c1-2-22-17-6-4-3-5-16(17)21-18(22)14(12-20)11-13-7-9-15(19)10-8-13/h3-11H,2H2,1H3. The van der Waals surface area contributed by atoms with Crippen LogP contribution >= 0.6 is 15.9 Å². The number of hydrogen-bond donors (Lipinski definition) is 0. The first-order chi connectivity index (χ1) is 10.7. The molecule has 0 unspecified atom stereocenters. The zero-order valence-corrected chi connectivity index (χ0v) is 13.7. The van der Waals surface area contributed by atoms with E-state index in [0.717, 1.165) is 27.6 Å². The van der Waals surface area contributed by atoms with Crippen LogP contribution in [0.4, 0.5) is 0 Å². The molecule has 0 saturated carbocycles. The van der Waals surface area contributed by atoms with Gasteiger partial charge in [-0.2, -0.15) is 5.26 Å². The summed E-state index contributed by atoms with van der Waals surface area (Å²) in [5.41, 5.74) is 3.52. The molecule has 0 radical (unpaired) electrons. The molecule has 3 aromatic rings. The number of nitriles is 1. The summed E-state index contributed by atoms with van der Waals surface area (Å²) in [6.07, 6.45) is 1.87. The van der Waals surface area contributed by atoms with Gasteiger partial charge in [-0.1, -0.05) is 40.2 Å². The van der Waals surface area contributed by atoms with Crippen molar-refractivity contribution in [2.24, 2.45) is 0 Å². The van der Waals surface area contributed by atoms with Crippen molar-refractivity contribution in [1.29, 1.82) is 5.26 Å². The van der Waals surface area contributed by atoms with Gasteiger partial charge in [0.15, 0.2) is 5.82 Å². The van der Waals surface area contributed by atoms with E-state index < -0.39 is 0 Å². The highest BCUT2D eigenvalue weighted by Gasteiger charge is 2.13. The number of imidazole rings is 1. The van der Waals surface area contributed by atoms with E-state index >= 15 is 0 Å². The Morgan fingerprint density at radius 2 is 1.95 bits per heavy atom. The van der Waals surface area contributed by atoms with Crippen molar-refractivity contribution < 1.29 is 0 Å². The van der Waals surface area contributed by atoms with Gasteiger partial charge < -0.3 is 4.57 Å². The summed E-state index contributed by atoms with van der Waals surface area (Å²) < 4.78 is 3.09. The number of allylic oxidation sites excluding steroid dienone is 1. The van der Waals surface area contributed by atoms with Crippen LogP contribution in [0.25, 0.3) is 22.7 Å². The van der Waals surface area contributed by atoms with Crippen molar-refractivity contribution in [3.8, 4) is 6.07 Å². The highest BCUT2D eigenvalue weighted by atomic mass is 79.9. The molecule has 0 atom stereocenters. The number of rotatable bonds is 3. The molecule has 4 heteroatoms. The lowest BCUT2D eigenvalue weighted by Gasteiger charge is -2.05. The summed E-state index contributed by atoms with van der Waals surface area (Å²) in [6, 6.07) is 18.1. The maximum absolute atomic E-state index is 9.56. The molecule has 3 nitrogen and oxygen atoms in total. The minimum atomic E-state index is 0.570. The quantitative estimate of drug-likeness (QED) is 0.630. The number of hydrogen-bond acceptors (Lipinski definition) is 2. The lowest BCUT2D eigenvalue weighted by atomic mass is 10.1. The second-order valence-electron chi connectivity index (χ2n) is 4.89. The first-order valence-corrected chi connectivity index (χ1v) is 7.85. The molecule has 0 spiro atoms. The molecule has 3 rings (SSSR count). The van der Waals surface area contributed by atoms with Crippen LogP contribution < -0.4 is 0 Å². The maximum atomic E-state index is 9.56. The number of aryl methyl sites for hydroxylation is 1. The first kappa shape index (κ1) is 14.6. The summed E-state index contributed by atoms with van der Waals surface area (Å²) in [5.74, 6) is 0.717. The highest BCUT2D eigenvalue weighted by Crippen LogP contribution is 2.23. The molecule has 0 aliphatic carbocycles. The van der Waals surface area contributed by atoms with Gasteiger partial charge in [0.25, 0.3) is 0 Å². The molecule has 1 heterocycles. The van der Waals surface area contributed by atoms with E-state index in [-0.39, 0.29) is 0 Å². The van der Waals surface area contributed by atoms with E-state index in [9.17, 15) is 5.26 Å². The number of aromatic nitrogens is 2. The van der Waals surface area contributed by atoms with Crippen molar-refractivity contribution in [3.05, 3.63) is 64.4 Å². The molecule has 0 aliphatic heterocycles. The number of fused-ring (bicyclic) bond motifs is 1. The van der Waals surface area contributed by atoms with Crippen LogP contribution in [0.5, 0.6) is 0 Å². The molecule has 22 heavy (non-hydrogen) atoms. The minimum absolute atomic E-state index is 0.570. The summed E-state index contributed by atoms with van der Waals surface area (Å²) in [5, 5.41) is 9.56. The van der Waals surface area contributed by atoms with Gasteiger partial charge in [0.2, 0.25) is 0 Å². The first-order valence-electron chi connectivity index (χ1n) is 7.06. The van der Waals surface area contributed by atoms with Crippen LogP contribution in [0.3, 0.4) is 0 Å². The predicted molar refractivity (Wildman–Crippen MR) is 93.0 cm³/mol. The maximum Gasteiger partial charge on any atom is 0.151 e. The van der Waals surface area contributed by atoms with Gasteiger partial charge in [-0.25, -0.2) is 4.98 Å². The highest BCUT2D eigenvalue weighted by molar-refractivity contribution is 9.10. The fourth-order valence-corrected chi connectivity index (χ4v) is 2.74. The predicted octanol–water partition coefficient (Wildman–Crippen LogP) is 4.88. The van der Waals surface area contributed by atoms with E-state index in [0.29, 0.717) is 11.4 Å². The normalized spacial score (nSPS) is 11.6. The molecular weight excluding hydrogens is 338 g/mol. The lowest BCUT2D eigenvalue weighted by Crippen LogP contribution is -2.00. The second kappa shape index (κ2) is 6.17. The molecule has 0 N–H and O–H groups in total. The van der Waals surface area contributed by atoms with Gasteiger partial charge in [-0.3, -0.25) is 0 Å². The van der Waals surface area contributed by atoms with Gasteiger partial charge in [0, 0.05) is 11.0 Å². The third-order valence-electron chi connectivity index (χ3n) is 3.51. The van der Waals surface area contributed by atoms with E-state index in [4.69, 9.17) is 0 Å². The van der Waals surface area contributed by atoms with E-state index in [1.165, 1.54) is 0 Å². The zero-order chi connectivity index (χ0) is 15.5. The third-order valence-corrected chi connectivity index (χ3v) is 4.04. The van der Waals surface area contributed by atoms with Crippen molar-refractivity contribution in [2.75, 3.05) is 0 Å². The Morgan fingerprint density at radius 3 is 2.64 bits per heavy atom. The summed E-state index contributed by atoms with van der Waals surface area (Å²) >= 11 is 3.42. The SMILES string of the molecule is CCn1c(C(C#N)=Cc2ccc(Br)cc2)nc2ccccc21. The Bertz CT molecular complexity index is 883. The van der Waals surface area contributed by atoms with Crippen LogP contribution in [0.1, 0.15) is 18.3 Å². The largest absolute Gasteiger partial charge is 0.324 e. The Balaban J connectivity index is 2.15. The Hall–Kier alpha value is -2.38. The van der Waals surface area contributed by atoms with Crippen molar-refractivity contribution in [3.63, 3.8) is 0 Å². The third kappa shape index (κ3) is 2.68. The molecule has 0 fully saturated rings. The number of para-hydroxylation sites is 2. The van der Waals surface area contributed by atoms with E-state index in [2.05, 4.69) is 38.5 Å². The molecular formula is C18H14BrN3. The smallest absolute Gasteiger partial charge is 0.151 e. The molecule has 0 aliphatic rings. The van der Waals surface area contributed by atoms with Gasteiger partial charge in [-0.15, -0.1) is 0 Å². The van der Waals surface area contributed by atoms with Crippen molar-refractivity contribution in [1.82, 2.24) is 9.55 Å². The molecule has 0 bridgehead atoms. The van der Waals surface area contributed by atoms with Gasteiger partial charge in [0.05, 0.1) is 16.6 Å². The zero-order valence-electron chi connectivity index (χ0n) is 12.1. The number of benzene rings is 2. The monoisotopic (exact) mass is 351 g/mol. The number of halogens is 1. The summed E-state index contributed by atoms with van der Waals surface area (Å²) in [7, 11) is 0. The summed E-state index contributed by atoms with van der Waals surface area (Å²) in [4.78, 5) is 4.63. The fourth-order valence-electron chi connectivity index (χ4n) is 2.47. The Morgan fingerprint density at radius 1 is 1.23 bits per heavy atom. The van der Waals surface area contributed by atoms with E-state index in [1.807, 2.05) is 54.6 Å². The van der Waals surface area contributed by atoms with Gasteiger partial charge >= 0.3 is 0 Å². The van der Waals surface area contributed by atoms with Crippen LogP contribution in [0, 0.1) is 11.3 Å². The molecule has 2 aromatic carbocycles. The summed E-state index contributed by atoms with van der Waals surface area (Å²) in [6.45, 7) is 2.83. The Kier molecular flexibility index (Phi) is 4.08. The topological polar surface area (TPSA) is 41.6 Å². The second-order valence-corrected chi connectivity index (χ2v) is 5.81. The van der Waals surface area contributed by atoms with Crippen LogP contribution in [-0.2, 0) is 6.54 Å². The molecule has 1 aromatic heterocycles. The van der Waals surface area contributed by atoms with Crippen molar-refractivity contribution >= 4 is 38.6 Å². The van der Waals surface area contributed by atoms with Crippen LogP contribution in [0.2, 0.25) is 0 Å². The molecule has 108 valence electrons. The van der Waals surface area contributed by atoms with Crippen molar-refractivity contribution in [2.45, 2.75) is 13.5 Å². The van der Waals surface area contributed by atoms with Crippen LogP contribution in [0.15, 0.2) is 53.0 Å². The average molecular weight is 352 g/mol. The fraction of sp³-hybridized carbons (Fsp3) is 0.111. The molecule has 0 amide bonds. The average Bonchev–Trinajstić information content (AvgIpc) is 2.92. The van der Waals surface area contributed by atoms with Gasteiger partial charge in [0.1, 0.15) is 6.07 Å². The molecule has 0 saturated heterocycles. The minimum Gasteiger partial charge on any atom is -0.324 e. The van der Waals surface area contributed by atoms with Crippen LogP contribution in [-0.4, -0.2) is 9.55 Å². The Labute approximate surface area is 137 Å². The van der Waals surface area contributed by atoms with Gasteiger partial charge in [-0.05, 0) is 42.8 Å². The number of nitrogens with zero attached hydrogens (tertiary/aromatic N) is 3. The van der Waals surface area contributed by atoms with E-state index in [1.54, 1.807) is 0 Å². The lowest BCUT2D eigenvalue weighted by molar-refractivity contribution is 0.775.